The molecule has 5 rings (SSSR count). The first-order valence-electron chi connectivity index (χ1n) is 11.4. The molecule has 0 aliphatic heterocycles. The highest BCUT2D eigenvalue weighted by Crippen LogP contribution is 2.44. The smallest absolute Gasteiger partial charge is 0.247 e. The number of nitrogens with zero attached hydrogens (tertiary/aromatic N) is 5. The lowest BCUT2D eigenvalue weighted by atomic mass is 9.98. The van der Waals surface area contributed by atoms with Crippen molar-refractivity contribution in [1.82, 2.24) is 24.3 Å². The fraction of sp³-hybridized carbons (Fsp3) is 0.111. The molecule has 10 heteroatoms. The number of nitrogen functional groups attached to an aromatic ring is 1. The van der Waals surface area contributed by atoms with Gasteiger partial charge in [0.15, 0.2) is 11.5 Å². The highest BCUT2D eigenvalue weighted by atomic mass is 16.5. The average Bonchev–Trinajstić information content (AvgIpc) is 3.45. The monoisotopic (exact) mass is 495 g/mol. The minimum absolute atomic E-state index is 0.277. The van der Waals surface area contributed by atoms with E-state index in [0.717, 1.165) is 27.8 Å². The van der Waals surface area contributed by atoms with Crippen molar-refractivity contribution >= 4 is 28.4 Å². The van der Waals surface area contributed by atoms with Gasteiger partial charge in [0, 0.05) is 37.6 Å². The second-order valence-corrected chi connectivity index (χ2v) is 8.31. The summed E-state index contributed by atoms with van der Waals surface area (Å²) in [4.78, 5) is 20.4. The molecule has 5 aromatic rings. The van der Waals surface area contributed by atoms with Crippen LogP contribution >= 0.6 is 0 Å². The molecular weight excluding hydrogens is 470 g/mol. The molecule has 0 bridgehead atoms. The minimum atomic E-state index is -0.277. The summed E-state index contributed by atoms with van der Waals surface area (Å²) in [6.07, 6.45) is 4.48. The van der Waals surface area contributed by atoms with Crippen LogP contribution < -0.4 is 20.5 Å². The van der Waals surface area contributed by atoms with Crippen LogP contribution in [0.3, 0.4) is 0 Å². The van der Waals surface area contributed by atoms with Gasteiger partial charge in [0.05, 0.1) is 18.2 Å². The van der Waals surface area contributed by atoms with E-state index < -0.39 is 0 Å². The maximum Gasteiger partial charge on any atom is 0.247 e. The van der Waals surface area contributed by atoms with E-state index in [0.29, 0.717) is 34.5 Å². The van der Waals surface area contributed by atoms with Crippen LogP contribution in [-0.4, -0.2) is 37.3 Å². The van der Waals surface area contributed by atoms with E-state index in [4.69, 9.17) is 15.2 Å². The molecule has 37 heavy (non-hydrogen) atoms. The Kier molecular flexibility index (Phi) is 6.06. The van der Waals surface area contributed by atoms with Crippen LogP contribution in [0.5, 0.6) is 17.4 Å². The van der Waals surface area contributed by atoms with E-state index in [9.17, 15) is 4.79 Å². The number of benzene rings is 2. The quantitative estimate of drug-likeness (QED) is 0.318. The average molecular weight is 496 g/mol. The van der Waals surface area contributed by atoms with Gasteiger partial charge in [0.25, 0.3) is 0 Å². The summed E-state index contributed by atoms with van der Waals surface area (Å²) in [5.41, 5.74) is 11.2. The van der Waals surface area contributed by atoms with Gasteiger partial charge in [-0.3, -0.25) is 9.48 Å². The van der Waals surface area contributed by atoms with E-state index >= 15 is 0 Å². The standard InChI is InChI=1S/C27H25N7O3/c1-5-21(35)31-18-9-6-16(7-10-18)25-23(24-26(28)29-15-30-27(24)34(25)3)17-8-11-19(20(14-17)36-4)37-22-12-13-33(2)32-22/h5-15H,1H2,2-4H3,(H,31,35)(H2,28,29,30). The van der Waals surface area contributed by atoms with Gasteiger partial charge in [-0.2, -0.15) is 0 Å². The molecule has 0 aliphatic rings. The number of methoxy groups -OCH3 is 1. The molecule has 1 amide bonds. The molecule has 0 unspecified atom stereocenters. The number of hydrogen-bond donors (Lipinski definition) is 2. The Bertz CT molecular complexity index is 1630. The maximum absolute atomic E-state index is 11.7. The number of nitrogens with one attached hydrogen (secondary N) is 1. The lowest BCUT2D eigenvalue weighted by Gasteiger charge is -2.13. The van der Waals surface area contributed by atoms with Crippen molar-refractivity contribution in [2.24, 2.45) is 14.1 Å². The molecule has 0 aliphatic carbocycles. The van der Waals surface area contributed by atoms with Crippen LogP contribution in [0.1, 0.15) is 0 Å². The van der Waals surface area contributed by atoms with Crippen molar-refractivity contribution in [2.75, 3.05) is 18.2 Å². The lowest BCUT2D eigenvalue weighted by molar-refractivity contribution is -0.111. The predicted octanol–water partition coefficient (Wildman–Crippen LogP) is 4.54. The van der Waals surface area contributed by atoms with Crippen molar-refractivity contribution in [1.29, 1.82) is 0 Å². The Morgan fingerprint density at radius 1 is 1.05 bits per heavy atom. The molecule has 0 saturated heterocycles. The van der Waals surface area contributed by atoms with Gasteiger partial charge in [0.1, 0.15) is 17.8 Å². The Labute approximate surface area is 213 Å². The first kappa shape index (κ1) is 23.6. The molecule has 0 fully saturated rings. The number of amides is 1. The van der Waals surface area contributed by atoms with Crippen LogP contribution in [0.15, 0.2) is 73.7 Å². The third kappa shape index (κ3) is 4.36. The van der Waals surface area contributed by atoms with Crippen molar-refractivity contribution in [3.63, 3.8) is 0 Å². The summed E-state index contributed by atoms with van der Waals surface area (Å²) >= 11 is 0. The number of aromatic nitrogens is 5. The Morgan fingerprint density at radius 3 is 2.49 bits per heavy atom. The highest BCUT2D eigenvalue weighted by molar-refractivity contribution is 6.08. The van der Waals surface area contributed by atoms with Crippen molar-refractivity contribution in [3.8, 4) is 39.8 Å². The SMILES string of the molecule is C=CC(=O)Nc1ccc(-c2c(-c3ccc(Oc4ccn(C)n4)c(OC)c3)c3c(N)ncnc3n2C)cc1. The fourth-order valence-corrected chi connectivity index (χ4v) is 4.27. The zero-order chi connectivity index (χ0) is 26.1. The van der Waals surface area contributed by atoms with Gasteiger partial charge in [-0.15, -0.1) is 5.10 Å². The van der Waals surface area contributed by atoms with Crippen LogP contribution in [0.4, 0.5) is 11.5 Å². The third-order valence-electron chi connectivity index (χ3n) is 5.96. The van der Waals surface area contributed by atoms with Crippen LogP contribution in [0.2, 0.25) is 0 Å². The summed E-state index contributed by atoms with van der Waals surface area (Å²) in [6.45, 7) is 3.49. The van der Waals surface area contributed by atoms with Crippen molar-refractivity contribution < 1.29 is 14.3 Å². The number of aryl methyl sites for hydroxylation is 2. The number of fused-ring (bicyclic) bond motifs is 1. The molecule has 3 N–H and O–H groups in total. The maximum atomic E-state index is 11.7. The summed E-state index contributed by atoms with van der Waals surface area (Å²) in [6, 6.07) is 14.9. The van der Waals surface area contributed by atoms with E-state index in [1.165, 1.54) is 12.4 Å². The Morgan fingerprint density at radius 2 is 1.81 bits per heavy atom. The molecule has 0 radical (unpaired) electrons. The van der Waals surface area contributed by atoms with Crippen molar-refractivity contribution in [3.05, 3.63) is 73.7 Å². The second kappa shape index (κ2) is 9.50. The van der Waals surface area contributed by atoms with Crippen LogP contribution in [-0.2, 0) is 18.9 Å². The first-order chi connectivity index (χ1) is 17.9. The molecule has 2 aromatic carbocycles. The van der Waals surface area contributed by atoms with E-state index in [1.54, 1.807) is 24.1 Å². The minimum Gasteiger partial charge on any atom is -0.493 e. The van der Waals surface area contributed by atoms with Crippen LogP contribution in [0.25, 0.3) is 33.4 Å². The van der Waals surface area contributed by atoms with Gasteiger partial charge in [-0.05, 0) is 41.5 Å². The van der Waals surface area contributed by atoms with Gasteiger partial charge < -0.3 is 25.1 Å². The van der Waals surface area contributed by atoms with Crippen molar-refractivity contribution in [2.45, 2.75) is 0 Å². The molecule has 3 heterocycles. The molecule has 0 saturated carbocycles. The Hall–Kier alpha value is -5.12. The molecule has 0 atom stereocenters. The predicted molar refractivity (Wildman–Crippen MR) is 142 cm³/mol. The zero-order valence-electron chi connectivity index (χ0n) is 20.6. The molecule has 10 nitrogen and oxygen atoms in total. The van der Waals surface area contributed by atoms with E-state index in [1.807, 2.05) is 61.1 Å². The van der Waals surface area contributed by atoms with Crippen LogP contribution in [0, 0.1) is 0 Å². The second-order valence-electron chi connectivity index (χ2n) is 8.31. The number of rotatable bonds is 7. The third-order valence-corrected chi connectivity index (χ3v) is 5.96. The molecule has 0 spiro atoms. The molecule has 186 valence electrons. The number of carbonyl (C=O) groups excluding carboxylic acids is 1. The van der Waals surface area contributed by atoms with Gasteiger partial charge in [-0.25, -0.2) is 9.97 Å². The number of carbonyl (C=O) groups is 1. The summed E-state index contributed by atoms with van der Waals surface area (Å²) in [7, 11) is 5.33. The normalized spacial score (nSPS) is 10.9. The summed E-state index contributed by atoms with van der Waals surface area (Å²) in [5, 5.41) is 7.77. The van der Waals surface area contributed by atoms with E-state index in [-0.39, 0.29) is 5.91 Å². The lowest BCUT2D eigenvalue weighted by Crippen LogP contribution is -2.06. The number of ether oxygens (including phenoxy) is 2. The number of nitrogens with two attached hydrogens (primary N) is 1. The summed E-state index contributed by atoms with van der Waals surface area (Å²) in [5.74, 6) is 1.61. The molecule has 3 aromatic heterocycles. The number of hydrogen-bond acceptors (Lipinski definition) is 7. The molecular formula is C27H25N7O3. The summed E-state index contributed by atoms with van der Waals surface area (Å²) < 4.78 is 15.3. The topological polar surface area (TPSA) is 122 Å². The number of anilines is 2. The van der Waals surface area contributed by atoms with Gasteiger partial charge in [0.2, 0.25) is 11.8 Å². The first-order valence-corrected chi connectivity index (χ1v) is 11.4. The Balaban J connectivity index is 1.66. The zero-order valence-corrected chi connectivity index (χ0v) is 20.6. The van der Waals surface area contributed by atoms with E-state index in [2.05, 4.69) is 27.0 Å². The fourth-order valence-electron chi connectivity index (χ4n) is 4.27. The van der Waals surface area contributed by atoms with Gasteiger partial charge >= 0.3 is 0 Å². The largest absolute Gasteiger partial charge is 0.493 e. The highest BCUT2D eigenvalue weighted by Gasteiger charge is 2.23. The van der Waals surface area contributed by atoms with Gasteiger partial charge in [-0.1, -0.05) is 24.8 Å².